The van der Waals surface area contributed by atoms with E-state index in [0.717, 1.165) is 27.6 Å². The quantitative estimate of drug-likeness (QED) is 0.582. The molecule has 5 rings (SSSR count). The van der Waals surface area contributed by atoms with Gasteiger partial charge in [-0.1, -0.05) is 0 Å². The van der Waals surface area contributed by atoms with Crippen LogP contribution in [-0.2, 0) is 9.59 Å². The lowest BCUT2D eigenvalue weighted by Gasteiger charge is -2.58. The summed E-state index contributed by atoms with van der Waals surface area (Å²) in [6.45, 7) is 2.14. The van der Waals surface area contributed by atoms with Crippen LogP contribution >= 0.6 is 0 Å². The molecule has 0 N–H and O–H groups in total. The highest BCUT2D eigenvalue weighted by molar-refractivity contribution is 6.23. The fourth-order valence-electron chi connectivity index (χ4n) is 6.13. The molecule has 4 aliphatic carbocycles. The van der Waals surface area contributed by atoms with Crippen LogP contribution in [0.3, 0.4) is 0 Å². The van der Waals surface area contributed by atoms with Gasteiger partial charge in [0, 0.05) is 20.3 Å². The van der Waals surface area contributed by atoms with Gasteiger partial charge < -0.3 is 0 Å². The van der Waals surface area contributed by atoms with E-state index in [1.165, 1.54) is 58.8 Å². The number of imide groups is 2. The second kappa shape index (κ2) is 5.64. The molecule has 0 radical (unpaired) electrons. The molecule has 0 spiro atoms. The number of nitrogens with zero attached hydrogens (tertiary/aromatic N) is 3. The smallest absolute Gasteiger partial charge is 0.293 e. The SMILES string of the molecule is C[C@H](N=CC1C(=O)N(C)C(=O)N(C)C1=O)C12CC3CC(CC(C3)C1)C2. The highest BCUT2D eigenvalue weighted by Crippen LogP contribution is 2.61. The number of carbonyl (C=O) groups excluding carboxylic acids is 3. The first-order valence-corrected chi connectivity index (χ1v) is 9.43. The van der Waals surface area contributed by atoms with Crippen molar-refractivity contribution in [3.8, 4) is 0 Å². The Balaban J connectivity index is 1.52. The Hall–Kier alpha value is -1.72. The standard InChI is InChI=1S/C19H27N3O3/c1-11(19-7-12-4-13(8-19)6-14(5-12)9-19)20-10-15-16(23)21(2)18(25)22(3)17(15)24/h10-15H,4-9H2,1-3H3/t11-,12?,13?,14?,19?/m0/s1. The maximum Gasteiger partial charge on any atom is 0.332 e. The summed E-state index contributed by atoms with van der Waals surface area (Å²) in [5, 5.41) is 0. The summed E-state index contributed by atoms with van der Waals surface area (Å²) in [6.07, 6.45) is 9.37. The van der Waals surface area contributed by atoms with E-state index >= 15 is 0 Å². The molecule has 6 heteroatoms. The highest BCUT2D eigenvalue weighted by Gasteiger charge is 2.53. The van der Waals surface area contributed by atoms with Gasteiger partial charge in [-0.15, -0.1) is 0 Å². The largest absolute Gasteiger partial charge is 0.332 e. The highest BCUT2D eigenvalue weighted by atomic mass is 16.2. The summed E-state index contributed by atoms with van der Waals surface area (Å²) < 4.78 is 0. The van der Waals surface area contributed by atoms with Crippen LogP contribution in [0.1, 0.15) is 45.4 Å². The van der Waals surface area contributed by atoms with Crippen molar-refractivity contribution in [2.45, 2.75) is 51.5 Å². The first-order valence-electron chi connectivity index (χ1n) is 9.43. The number of aliphatic imine (C=N–C) groups is 1. The van der Waals surface area contributed by atoms with Gasteiger partial charge in [0.1, 0.15) is 0 Å². The van der Waals surface area contributed by atoms with Crippen LogP contribution in [-0.4, -0.2) is 54.0 Å². The van der Waals surface area contributed by atoms with Gasteiger partial charge in [0.25, 0.3) is 0 Å². The zero-order chi connectivity index (χ0) is 17.9. The molecule has 4 amide bonds. The molecule has 0 unspecified atom stereocenters. The molecule has 5 aliphatic rings. The molecule has 5 fully saturated rings. The Morgan fingerprint density at radius 1 is 0.960 bits per heavy atom. The van der Waals surface area contributed by atoms with E-state index < -0.39 is 23.8 Å². The maximum absolute atomic E-state index is 12.3. The molecule has 136 valence electrons. The van der Waals surface area contributed by atoms with Crippen LogP contribution < -0.4 is 0 Å². The van der Waals surface area contributed by atoms with Gasteiger partial charge in [0.15, 0.2) is 5.92 Å². The number of barbiturate groups is 1. The van der Waals surface area contributed by atoms with Crippen LogP contribution in [0.4, 0.5) is 4.79 Å². The molecule has 0 aromatic rings. The molecule has 1 atom stereocenters. The first kappa shape index (κ1) is 16.7. The molecule has 1 heterocycles. The summed E-state index contributed by atoms with van der Waals surface area (Å²) in [5.41, 5.74) is 0.250. The minimum absolute atomic E-state index is 0.120. The third-order valence-corrected chi connectivity index (χ3v) is 7.20. The van der Waals surface area contributed by atoms with Crippen molar-refractivity contribution in [1.29, 1.82) is 0 Å². The third kappa shape index (κ3) is 2.52. The van der Waals surface area contributed by atoms with Crippen molar-refractivity contribution in [1.82, 2.24) is 9.80 Å². The Kier molecular flexibility index (Phi) is 3.78. The third-order valence-electron chi connectivity index (χ3n) is 7.20. The van der Waals surface area contributed by atoms with Gasteiger partial charge in [0.05, 0.1) is 6.04 Å². The molecule has 4 bridgehead atoms. The van der Waals surface area contributed by atoms with E-state index in [-0.39, 0.29) is 11.5 Å². The van der Waals surface area contributed by atoms with Crippen molar-refractivity contribution in [3.05, 3.63) is 0 Å². The first-order chi connectivity index (χ1) is 11.8. The van der Waals surface area contributed by atoms with Crippen LogP contribution in [0.15, 0.2) is 4.99 Å². The molecule has 1 aliphatic heterocycles. The van der Waals surface area contributed by atoms with Crippen molar-refractivity contribution in [2.24, 2.45) is 34.1 Å². The Labute approximate surface area is 148 Å². The average molecular weight is 345 g/mol. The van der Waals surface area contributed by atoms with E-state index in [1.54, 1.807) is 0 Å². The number of amides is 4. The Morgan fingerprint density at radius 3 is 1.84 bits per heavy atom. The van der Waals surface area contributed by atoms with Crippen LogP contribution in [0.5, 0.6) is 0 Å². The van der Waals surface area contributed by atoms with E-state index in [2.05, 4.69) is 6.92 Å². The molecule has 6 nitrogen and oxygen atoms in total. The summed E-state index contributed by atoms with van der Waals surface area (Å²) in [5.74, 6) is 0.610. The molecular weight excluding hydrogens is 318 g/mol. The average Bonchev–Trinajstić information content (AvgIpc) is 2.57. The molecule has 25 heavy (non-hydrogen) atoms. The fraction of sp³-hybridized carbons (Fsp3) is 0.789. The molecule has 4 saturated carbocycles. The minimum atomic E-state index is -0.968. The predicted octanol–water partition coefficient (Wildman–Crippen LogP) is 2.33. The summed E-state index contributed by atoms with van der Waals surface area (Å²) in [4.78, 5) is 43.2. The predicted molar refractivity (Wildman–Crippen MR) is 93.0 cm³/mol. The summed E-state index contributed by atoms with van der Waals surface area (Å²) in [6, 6.07) is -0.455. The second-order valence-corrected chi connectivity index (χ2v) is 8.81. The van der Waals surface area contributed by atoms with Gasteiger partial charge in [-0.25, -0.2) is 4.79 Å². The number of urea groups is 1. The van der Waals surface area contributed by atoms with Crippen LogP contribution in [0.25, 0.3) is 0 Å². The van der Waals surface area contributed by atoms with Crippen molar-refractivity contribution in [2.75, 3.05) is 14.1 Å². The molecule has 0 aromatic carbocycles. The summed E-state index contributed by atoms with van der Waals surface area (Å²) >= 11 is 0. The fourth-order valence-corrected chi connectivity index (χ4v) is 6.13. The van der Waals surface area contributed by atoms with Crippen molar-refractivity contribution >= 4 is 24.1 Å². The van der Waals surface area contributed by atoms with Gasteiger partial charge in [-0.2, -0.15) is 0 Å². The molecule has 0 aromatic heterocycles. The summed E-state index contributed by atoms with van der Waals surface area (Å²) in [7, 11) is 2.83. The van der Waals surface area contributed by atoms with Crippen molar-refractivity contribution < 1.29 is 14.4 Å². The topological polar surface area (TPSA) is 70.1 Å². The van der Waals surface area contributed by atoms with E-state index in [4.69, 9.17) is 4.99 Å². The van der Waals surface area contributed by atoms with Crippen LogP contribution in [0.2, 0.25) is 0 Å². The van der Waals surface area contributed by atoms with Crippen LogP contribution in [0, 0.1) is 29.1 Å². The van der Waals surface area contributed by atoms with E-state index in [1.807, 2.05) is 0 Å². The zero-order valence-corrected chi connectivity index (χ0v) is 15.3. The molecule has 1 saturated heterocycles. The van der Waals surface area contributed by atoms with Gasteiger partial charge >= 0.3 is 6.03 Å². The van der Waals surface area contributed by atoms with Crippen molar-refractivity contribution in [3.63, 3.8) is 0 Å². The zero-order valence-electron chi connectivity index (χ0n) is 15.3. The second-order valence-electron chi connectivity index (χ2n) is 8.81. The number of hydrogen-bond donors (Lipinski definition) is 0. The van der Waals surface area contributed by atoms with E-state index in [0.29, 0.717) is 0 Å². The van der Waals surface area contributed by atoms with E-state index in [9.17, 15) is 14.4 Å². The lowest BCUT2D eigenvalue weighted by Crippen LogP contribution is -2.57. The Bertz CT molecular complexity index is 597. The lowest BCUT2D eigenvalue weighted by molar-refractivity contribution is -0.144. The lowest BCUT2D eigenvalue weighted by atomic mass is 9.48. The van der Waals surface area contributed by atoms with Gasteiger partial charge in [0.2, 0.25) is 11.8 Å². The number of rotatable bonds is 3. The minimum Gasteiger partial charge on any atom is -0.293 e. The monoisotopic (exact) mass is 345 g/mol. The van der Waals surface area contributed by atoms with Gasteiger partial charge in [-0.05, 0) is 68.6 Å². The Morgan fingerprint density at radius 2 is 1.40 bits per heavy atom. The molecular formula is C19H27N3O3. The normalized spacial score (nSPS) is 39.8. The number of hydrogen-bond acceptors (Lipinski definition) is 4. The van der Waals surface area contributed by atoms with Gasteiger partial charge in [-0.3, -0.25) is 24.4 Å². The maximum atomic E-state index is 12.3. The number of carbonyl (C=O) groups is 3.